The molecule has 0 bridgehead atoms. The first kappa shape index (κ1) is 7.95. The molecule has 0 unspecified atom stereocenters. The van der Waals surface area contributed by atoms with Crippen LogP contribution in [0, 0.1) is 0 Å². The molecule has 0 N–H and O–H groups in total. The normalized spacial score (nSPS) is 10.1. The monoisotopic (exact) mass is 239 g/mol. The number of nitrogens with zero attached hydrogens (tertiary/aromatic N) is 1. The van der Waals surface area contributed by atoms with E-state index in [0.717, 1.165) is 15.7 Å². The first-order chi connectivity index (χ1) is 5.88. The van der Waals surface area contributed by atoms with Crippen LogP contribution in [-0.2, 0) is 0 Å². The number of rotatable bonds is 1. The Kier molecular flexibility index (Phi) is 2.23. The molecule has 0 atom stereocenters. The Morgan fingerprint density at radius 3 is 2.75 bits per heavy atom. The third-order valence-electron chi connectivity index (χ3n) is 1.58. The molecule has 1 aromatic heterocycles. The van der Waals surface area contributed by atoms with E-state index < -0.39 is 0 Å². The third-order valence-corrected chi connectivity index (χ3v) is 2.86. The average molecular weight is 240 g/mol. The molecule has 0 saturated heterocycles. The zero-order chi connectivity index (χ0) is 8.39. The molecule has 0 aliphatic carbocycles. The van der Waals surface area contributed by atoms with Gasteiger partial charge in [-0.3, -0.25) is 0 Å². The molecule has 1 heterocycles. The lowest BCUT2D eigenvalue weighted by atomic mass is 10.2. The molecule has 1 nitrogen and oxygen atoms in total. The fraction of sp³-hybridized carbons (Fsp3) is 0. The average Bonchev–Trinajstić information content (AvgIpc) is 2.57. The number of aromatic nitrogens is 1. The Morgan fingerprint density at radius 2 is 2.08 bits per heavy atom. The van der Waals surface area contributed by atoms with Crippen LogP contribution < -0.4 is 0 Å². The maximum Gasteiger partial charge on any atom is 0.0822 e. The van der Waals surface area contributed by atoms with Crippen LogP contribution in [0.25, 0.3) is 11.3 Å². The van der Waals surface area contributed by atoms with E-state index in [4.69, 9.17) is 0 Å². The van der Waals surface area contributed by atoms with Crippen molar-refractivity contribution in [1.82, 2.24) is 4.98 Å². The highest BCUT2D eigenvalue weighted by Crippen LogP contribution is 2.26. The van der Waals surface area contributed by atoms with E-state index in [9.17, 15) is 0 Å². The van der Waals surface area contributed by atoms with Crippen molar-refractivity contribution in [2.75, 3.05) is 0 Å². The van der Waals surface area contributed by atoms with Gasteiger partial charge in [0.1, 0.15) is 0 Å². The molecule has 0 saturated carbocycles. The van der Waals surface area contributed by atoms with Gasteiger partial charge in [-0.05, 0) is 6.07 Å². The van der Waals surface area contributed by atoms with Crippen molar-refractivity contribution in [3.05, 3.63) is 39.6 Å². The van der Waals surface area contributed by atoms with Gasteiger partial charge in [0.2, 0.25) is 0 Å². The largest absolute Gasteiger partial charge is 0.245 e. The SMILES string of the molecule is Brc1ccccc1-c1cscn1. The summed E-state index contributed by atoms with van der Waals surface area (Å²) in [6, 6.07) is 8.09. The molecule has 0 radical (unpaired) electrons. The minimum absolute atomic E-state index is 1.03. The first-order valence-electron chi connectivity index (χ1n) is 3.51. The van der Waals surface area contributed by atoms with E-state index in [0.29, 0.717) is 0 Å². The van der Waals surface area contributed by atoms with Gasteiger partial charge in [0.15, 0.2) is 0 Å². The Labute approximate surface area is 83.2 Å². The van der Waals surface area contributed by atoms with E-state index in [-0.39, 0.29) is 0 Å². The lowest BCUT2D eigenvalue weighted by molar-refractivity contribution is 1.40. The highest BCUT2D eigenvalue weighted by Gasteiger charge is 2.02. The van der Waals surface area contributed by atoms with Crippen molar-refractivity contribution >= 4 is 27.3 Å². The second-order valence-electron chi connectivity index (χ2n) is 2.35. The van der Waals surface area contributed by atoms with Crippen LogP contribution in [0.1, 0.15) is 0 Å². The fourth-order valence-corrected chi connectivity index (χ4v) is 2.05. The molecule has 0 aliphatic rings. The second-order valence-corrected chi connectivity index (χ2v) is 3.93. The van der Waals surface area contributed by atoms with E-state index in [1.54, 1.807) is 11.3 Å². The minimum atomic E-state index is 1.03. The number of halogens is 1. The predicted molar refractivity (Wildman–Crippen MR) is 55.3 cm³/mol. The molecule has 60 valence electrons. The highest BCUT2D eigenvalue weighted by molar-refractivity contribution is 9.10. The van der Waals surface area contributed by atoms with E-state index in [1.807, 2.05) is 29.1 Å². The van der Waals surface area contributed by atoms with Crippen molar-refractivity contribution in [3.8, 4) is 11.3 Å². The smallest absolute Gasteiger partial charge is 0.0822 e. The van der Waals surface area contributed by atoms with Gasteiger partial charge in [0.25, 0.3) is 0 Å². The molecule has 2 rings (SSSR count). The molecule has 0 aliphatic heterocycles. The Morgan fingerprint density at radius 1 is 1.25 bits per heavy atom. The van der Waals surface area contributed by atoms with Gasteiger partial charge in [-0.25, -0.2) is 4.98 Å². The summed E-state index contributed by atoms with van der Waals surface area (Å²) in [7, 11) is 0. The number of hydrogen-bond donors (Lipinski definition) is 0. The van der Waals surface area contributed by atoms with Gasteiger partial charge in [0, 0.05) is 15.4 Å². The Balaban J connectivity index is 2.55. The van der Waals surface area contributed by atoms with Crippen LogP contribution in [0.4, 0.5) is 0 Å². The number of hydrogen-bond acceptors (Lipinski definition) is 2. The molecule has 0 amide bonds. The molecule has 12 heavy (non-hydrogen) atoms. The van der Waals surface area contributed by atoms with Crippen molar-refractivity contribution in [1.29, 1.82) is 0 Å². The van der Waals surface area contributed by atoms with Crippen molar-refractivity contribution < 1.29 is 0 Å². The third kappa shape index (κ3) is 1.42. The summed E-state index contributed by atoms with van der Waals surface area (Å²) < 4.78 is 1.09. The standard InChI is InChI=1S/C9H6BrNS/c10-8-4-2-1-3-7(8)9-5-12-6-11-9/h1-6H. The van der Waals surface area contributed by atoms with Gasteiger partial charge in [0.05, 0.1) is 11.2 Å². The molecular weight excluding hydrogens is 234 g/mol. The maximum absolute atomic E-state index is 4.24. The van der Waals surface area contributed by atoms with Crippen LogP contribution in [0.3, 0.4) is 0 Å². The Hall–Kier alpha value is -0.670. The van der Waals surface area contributed by atoms with Gasteiger partial charge in [-0.2, -0.15) is 0 Å². The van der Waals surface area contributed by atoms with Crippen molar-refractivity contribution in [2.24, 2.45) is 0 Å². The summed E-state index contributed by atoms with van der Waals surface area (Å²) >= 11 is 5.09. The zero-order valence-corrected chi connectivity index (χ0v) is 8.60. The summed E-state index contributed by atoms with van der Waals surface area (Å²) in [4.78, 5) is 4.24. The summed E-state index contributed by atoms with van der Waals surface area (Å²) in [5, 5.41) is 2.04. The molecular formula is C9H6BrNS. The Bertz CT molecular complexity index is 370. The van der Waals surface area contributed by atoms with Crippen LogP contribution in [0.2, 0.25) is 0 Å². The summed E-state index contributed by atoms with van der Waals surface area (Å²) in [6.07, 6.45) is 0. The predicted octanol–water partition coefficient (Wildman–Crippen LogP) is 3.57. The van der Waals surface area contributed by atoms with Crippen LogP contribution in [0.15, 0.2) is 39.6 Å². The summed E-state index contributed by atoms with van der Waals surface area (Å²) in [5.74, 6) is 0. The van der Waals surface area contributed by atoms with Crippen LogP contribution in [-0.4, -0.2) is 4.98 Å². The van der Waals surface area contributed by atoms with Crippen molar-refractivity contribution in [2.45, 2.75) is 0 Å². The van der Waals surface area contributed by atoms with Gasteiger partial charge >= 0.3 is 0 Å². The molecule has 0 spiro atoms. The quantitative estimate of drug-likeness (QED) is 0.742. The second kappa shape index (κ2) is 3.37. The van der Waals surface area contributed by atoms with E-state index in [1.165, 1.54) is 0 Å². The molecule has 0 fully saturated rings. The van der Waals surface area contributed by atoms with Gasteiger partial charge in [-0.15, -0.1) is 11.3 Å². The highest BCUT2D eigenvalue weighted by atomic mass is 79.9. The number of benzene rings is 1. The maximum atomic E-state index is 4.24. The first-order valence-corrected chi connectivity index (χ1v) is 5.24. The van der Waals surface area contributed by atoms with Crippen LogP contribution in [0.5, 0.6) is 0 Å². The van der Waals surface area contributed by atoms with E-state index in [2.05, 4.69) is 27.0 Å². The topological polar surface area (TPSA) is 12.9 Å². The summed E-state index contributed by atoms with van der Waals surface area (Å²) in [5.41, 5.74) is 4.03. The molecule has 2 aromatic rings. The van der Waals surface area contributed by atoms with Crippen molar-refractivity contribution in [3.63, 3.8) is 0 Å². The lowest BCUT2D eigenvalue weighted by Gasteiger charge is -1.98. The van der Waals surface area contributed by atoms with Gasteiger partial charge in [-0.1, -0.05) is 34.1 Å². The minimum Gasteiger partial charge on any atom is -0.245 e. The van der Waals surface area contributed by atoms with Gasteiger partial charge < -0.3 is 0 Å². The number of thiazole rings is 1. The fourth-order valence-electron chi connectivity index (χ4n) is 1.01. The lowest BCUT2D eigenvalue weighted by Crippen LogP contribution is -1.77. The summed E-state index contributed by atoms with van der Waals surface area (Å²) in [6.45, 7) is 0. The zero-order valence-electron chi connectivity index (χ0n) is 6.20. The van der Waals surface area contributed by atoms with E-state index >= 15 is 0 Å². The van der Waals surface area contributed by atoms with Crippen LogP contribution >= 0.6 is 27.3 Å². The molecule has 3 heteroatoms. The molecule has 1 aromatic carbocycles.